The van der Waals surface area contributed by atoms with Gasteiger partial charge in [0.15, 0.2) is 0 Å². The summed E-state index contributed by atoms with van der Waals surface area (Å²) in [4.78, 5) is 16.8. The van der Waals surface area contributed by atoms with Gasteiger partial charge in [-0.3, -0.25) is 9.78 Å². The third-order valence-corrected chi connectivity index (χ3v) is 4.02. The van der Waals surface area contributed by atoms with E-state index in [1.54, 1.807) is 18.3 Å². The standard InChI is InChI=1S/C21H19N3O/c1-21(2,3)20(25)24-18-11-10-16(17-5-4-12-23-19(17)18)15-8-6-14(13-22)7-9-15/h4-12H,1-3H3,(H,24,25). The van der Waals surface area contributed by atoms with Crippen molar-refractivity contribution in [2.24, 2.45) is 5.41 Å². The first-order valence-corrected chi connectivity index (χ1v) is 8.10. The second-order valence-corrected chi connectivity index (χ2v) is 6.95. The fourth-order valence-electron chi connectivity index (χ4n) is 2.56. The van der Waals surface area contributed by atoms with Crippen LogP contribution in [0.15, 0.2) is 54.7 Å². The molecule has 0 saturated heterocycles. The minimum absolute atomic E-state index is 0.0504. The van der Waals surface area contributed by atoms with Gasteiger partial charge in [0.05, 0.1) is 22.8 Å². The fourth-order valence-corrected chi connectivity index (χ4v) is 2.56. The molecule has 0 atom stereocenters. The first kappa shape index (κ1) is 16.7. The molecule has 0 bridgehead atoms. The van der Waals surface area contributed by atoms with E-state index < -0.39 is 5.41 Å². The maximum absolute atomic E-state index is 12.3. The summed E-state index contributed by atoms with van der Waals surface area (Å²) >= 11 is 0. The van der Waals surface area contributed by atoms with E-state index in [4.69, 9.17) is 5.26 Å². The highest BCUT2D eigenvalue weighted by molar-refractivity contribution is 6.06. The number of carbonyl (C=O) groups is 1. The second-order valence-electron chi connectivity index (χ2n) is 6.95. The predicted octanol–water partition coefficient (Wildman–Crippen LogP) is 4.76. The van der Waals surface area contributed by atoms with E-state index in [0.29, 0.717) is 11.3 Å². The SMILES string of the molecule is CC(C)(C)C(=O)Nc1ccc(-c2ccc(C#N)cc2)c2cccnc12. The molecule has 25 heavy (non-hydrogen) atoms. The van der Waals surface area contributed by atoms with Crippen molar-refractivity contribution in [1.29, 1.82) is 5.26 Å². The van der Waals surface area contributed by atoms with Crippen LogP contribution in [0.2, 0.25) is 0 Å². The van der Waals surface area contributed by atoms with E-state index in [0.717, 1.165) is 22.0 Å². The van der Waals surface area contributed by atoms with Crippen LogP contribution < -0.4 is 5.32 Å². The minimum Gasteiger partial charge on any atom is -0.324 e. The molecule has 1 amide bonds. The highest BCUT2D eigenvalue weighted by Crippen LogP contribution is 2.32. The molecule has 3 rings (SSSR count). The molecule has 0 aliphatic heterocycles. The Kier molecular flexibility index (Phi) is 4.24. The Labute approximate surface area is 147 Å². The van der Waals surface area contributed by atoms with Crippen molar-refractivity contribution in [3.8, 4) is 17.2 Å². The molecular weight excluding hydrogens is 310 g/mol. The van der Waals surface area contributed by atoms with Crippen LogP contribution in [0.5, 0.6) is 0 Å². The Balaban J connectivity index is 2.10. The average molecular weight is 329 g/mol. The van der Waals surface area contributed by atoms with Crippen LogP contribution in [0.3, 0.4) is 0 Å². The molecule has 0 unspecified atom stereocenters. The van der Waals surface area contributed by atoms with Gasteiger partial charge in [0.2, 0.25) is 5.91 Å². The number of hydrogen-bond donors (Lipinski definition) is 1. The number of nitrogens with one attached hydrogen (secondary N) is 1. The van der Waals surface area contributed by atoms with Crippen LogP contribution in [-0.4, -0.2) is 10.9 Å². The van der Waals surface area contributed by atoms with Crippen LogP contribution in [0.1, 0.15) is 26.3 Å². The Morgan fingerprint density at radius 1 is 1.08 bits per heavy atom. The molecule has 1 aromatic heterocycles. The maximum atomic E-state index is 12.3. The molecular formula is C21H19N3O. The summed E-state index contributed by atoms with van der Waals surface area (Å²) < 4.78 is 0. The zero-order chi connectivity index (χ0) is 18.0. The zero-order valence-electron chi connectivity index (χ0n) is 14.5. The smallest absolute Gasteiger partial charge is 0.229 e. The average Bonchev–Trinajstić information content (AvgIpc) is 2.61. The van der Waals surface area contributed by atoms with E-state index in [9.17, 15) is 4.79 Å². The van der Waals surface area contributed by atoms with Crippen molar-refractivity contribution in [3.63, 3.8) is 0 Å². The molecule has 3 aromatic rings. The summed E-state index contributed by atoms with van der Waals surface area (Å²) in [5.74, 6) is -0.0504. The monoisotopic (exact) mass is 329 g/mol. The Bertz CT molecular complexity index is 977. The summed E-state index contributed by atoms with van der Waals surface area (Å²) in [6.45, 7) is 5.63. The fraction of sp³-hybridized carbons (Fsp3) is 0.190. The molecule has 124 valence electrons. The number of anilines is 1. The molecule has 0 aliphatic carbocycles. The van der Waals surface area contributed by atoms with Gasteiger partial charge in [0, 0.05) is 17.0 Å². The van der Waals surface area contributed by atoms with E-state index in [2.05, 4.69) is 16.4 Å². The van der Waals surface area contributed by atoms with Crippen LogP contribution in [0, 0.1) is 16.7 Å². The first-order valence-electron chi connectivity index (χ1n) is 8.10. The van der Waals surface area contributed by atoms with Gasteiger partial charge in [-0.05, 0) is 35.4 Å². The van der Waals surface area contributed by atoms with Crippen molar-refractivity contribution in [1.82, 2.24) is 4.98 Å². The van der Waals surface area contributed by atoms with Gasteiger partial charge in [-0.15, -0.1) is 0 Å². The zero-order valence-corrected chi connectivity index (χ0v) is 14.5. The number of carbonyl (C=O) groups excluding carboxylic acids is 1. The Hall–Kier alpha value is -3.19. The van der Waals surface area contributed by atoms with Gasteiger partial charge in [0.1, 0.15) is 0 Å². The van der Waals surface area contributed by atoms with Gasteiger partial charge in [-0.2, -0.15) is 5.26 Å². The van der Waals surface area contributed by atoms with Crippen LogP contribution in [-0.2, 0) is 4.79 Å². The van der Waals surface area contributed by atoms with Crippen molar-refractivity contribution in [2.45, 2.75) is 20.8 Å². The van der Waals surface area contributed by atoms with Crippen LogP contribution in [0.25, 0.3) is 22.0 Å². The van der Waals surface area contributed by atoms with Crippen molar-refractivity contribution < 1.29 is 4.79 Å². The van der Waals surface area contributed by atoms with Gasteiger partial charge in [-0.25, -0.2) is 0 Å². The number of pyridine rings is 1. The molecule has 0 aliphatic rings. The number of fused-ring (bicyclic) bond motifs is 1. The third-order valence-electron chi connectivity index (χ3n) is 4.02. The number of nitrogens with zero attached hydrogens (tertiary/aromatic N) is 2. The highest BCUT2D eigenvalue weighted by atomic mass is 16.2. The van der Waals surface area contributed by atoms with Gasteiger partial charge < -0.3 is 5.32 Å². The van der Waals surface area contributed by atoms with Crippen LogP contribution in [0.4, 0.5) is 5.69 Å². The van der Waals surface area contributed by atoms with Crippen LogP contribution >= 0.6 is 0 Å². The lowest BCUT2D eigenvalue weighted by atomic mass is 9.95. The number of rotatable bonds is 2. The van der Waals surface area contributed by atoms with Gasteiger partial charge in [0.25, 0.3) is 0 Å². The molecule has 4 nitrogen and oxygen atoms in total. The predicted molar refractivity (Wildman–Crippen MR) is 100.0 cm³/mol. The molecule has 0 radical (unpaired) electrons. The summed E-state index contributed by atoms with van der Waals surface area (Å²) in [5, 5.41) is 12.9. The summed E-state index contributed by atoms with van der Waals surface area (Å²) in [5.41, 5.74) is 3.62. The van der Waals surface area contributed by atoms with E-state index in [1.807, 2.05) is 57.2 Å². The third kappa shape index (κ3) is 3.36. The maximum Gasteiger partial charge on any atom is 0.229 e. The quantitative estimate of drug-likeness (QED) is 0.737. The summed E-state index contributed by atoms with van der Waals surface area (Å²) in [7, 11) is 0. The topological polar surface area (TPSA) is 65.8 Å². The van der Waals surface area contributed by atoms with E-state index in [1.165, 1.54) is 0 Å². The van der Waals surface area contributed by atoms with Gasteiger partial charge in [-0.1, -0.05) is 45.0 Å². The molecule has 0 fully saturated rings. The number of benzene rings is 2. The minimum atomic E-state index is -0.479. The Morgan fingerprint density at radius 3 is 2.44 bits per heavy atom. The van der Waals surface area contributed by atoms with Gasteiger partial charge >= 0.3 is 0 Å². The van der Waals surface area contributed by atoms with Crippen molar-refractivity contribution >= 4 is 22.5 Å². The summed E-state index contributed by atoms with van der Waals surface area (Å²) in [6, 6.07) is 17.3. The molecule has 0 saturated carbocycles. The highest BCUT2D eigenvalue weighted by Gasteiger charge is 2.22. The van der Waals surface area contributed by atoms with E-state index >= 15 is 0 Å². The molecule has 4 heteroatoms. The lowest BCUT2D eigenvalue weighted by molar-refractivity contribution is -0.123. The number of nitriles is 1. The lowest BCUT2D eigenvalue weighted by Gasteiger charge is -2.19. The molecule has 1 N–H and O–H groups in total. The number of hydrogen-bond acceptors (Lipinski definition) is 3. The summed E-state index contributed by atoms with van der Waals surface area (Å²) in [6.07, 6.45) is 1.72. The second kappa shape index (κ2) is 6.37. The largest absolute Gasteiger partial charge is 0.324 e. The van der Waals surface area contributed by atoms with E-state index in [-0.39, 0.29) is 5.91 Å². The Morgan fingerprint density at radius 2 is 1.80 bits per heavy atom. The molecule has 2 aromatic carbocycles. The lowest BCUT2D eigenvalue weighted by Crippen LogP contribution is -2.27. The molecule has 1 heterocycles. The van der Waals surface area contributed by atoms with Crippen molar-refractivity contribution in [2.75, 3.05) is 5.32 Å². The number of aromatic nitrogens is 1. The normalized spacial score (nSPS) is 11.1. The number of amides is 1. The first-order chi connectivity index (χ1) is 11.9. The van der Waals surface area contributed by atoms with Crippen molar-refractivity contribution in [3.05, 3.63) is 60.3 Å². The molecule has 0 spiro atoms.